The number of nitrogens with two attached hydrogens (primary N) is 1. The predicted molar refractivity (Wildman–Crippen MR) is 43.7 cm³/mol. The van der Waals surface area contributed by atoms with Crippen LogP contribution in [-0.2, 0) is 9.53 Å². The van der Waals surface area contributed by atoms with E-state index in [0.717, 1.165) is 0 Å². The lowest BCUT2D eigenvalue weighted by Gasteiger charge is -2.16. The minimum absolute atomic E-state index is 0.276. The first kappa shape index (κ1) is 10.0. The number of carbonyl (C=O) groups excluding carboxylic acids is 1. The van der Waals surface area contributed by atoms with Crippen LogP contribution in [0, 0.1) is 5.41 Å². The summed E-state index contributed by atoms with van der Waals surface area (Å²) < 4.78 is 4.58. The van der Waals surface area contributed by atoms with Crippen LogP contribution < -0.4 is 5.73 Å². The first-order chi connectivity index (χ1) is 4.90. The van der Waals surface area contributed by atoms with E-state index in [-0.39, 0.29) is 5.97 Å². The number of rotatable bonds is 2. The Morgan fingerprint density at radius 2 is 2.00 bits per heavy atom. The van der Waals surface area contributed by atoms with Gasteiger partial charge in [0.25, 0.3) is 0 Å². The Hall–Kier alpha value is -0.990. The molecular formula is C8H15NO2. The average Bonchev–Trinajstić information content (AvgIpc) is 1.83. The molecule has 0 atom stereocenters. The van der Waals surface area contributed by atoms with E-state index in [1.807, 2.05) is 0 Å². The number of methoxy groups -OCH3 is 1. The van der Waals surface area contributed by atoms with E-state index in [0.29, 0.717) is 5.70 Å². The molecule has 0 unspecified atom stereocenters. The van der Waals surface area contributed by atoms with E-state index < -0.39 is 5.41 Å². The first-order valence-corrected chi connectivity index (χ1v) is 3.43. The smallest absolute Gasteiger partial charge is 0.315 e. The van der Waals surface area contributed by atoms with Gasteiger partial charge < -0.3 is 10.5 Å². The number of ether oxygens (including phenoxy) is 1. The molecule has 3 heteroatoms. The van der Waals surface area contributed by atoms with Gasteiger partial charge in [-0.2, -0.15) is 0 Å². The monoisotopic (exact) mass is 157 g/mol. The fourth-order valence-electron chi connectivity index (χ4n) is 0.891. The van der Waals surface area contributed by atoms with Gasteiger partial charge in [-0.3, -0.25) is 4.79 Å². The van der Waals surface area contributed by atoms with Crippen molar-refractivity contribution >= 4 is 5.97 Å². The highest BCUT2D eigenvalue weighted by Gasteiger charge is 2.25. The van der Waals surface area contributed by atoms with Crippen molar-refractivity contribution in [3.63, 3.8) is 0 Å². The first-order valence-electron chi connectivity index (χ1n) is 3.43. The molecule has 64 valence electrons. The molecule has 0 bridgehead atoms. The Kier molecular flexibility index (Phi) is 3.11. The zero-order valence-corrected chi connectivity index (χ0v) is 7.47. The Morgan fingerprint density at radius 1 is 1.55 bits per heavy atom. The van der Waals surface area contributed by atoms with Gasteiger partial charge in [0, 0.05) is 5.70 Å². The summed E-state index contributed by atoms with van der Waals surface area (Å²) in [6, 6.07) is 0. The zero-order chi connectivity index (χ0) is 9.07. The Labute approximate surface area is 67.2 Å². The van der Waals surface area contributed by atoms with Gasteiger partial charge >= 0.3 is 5.97 Å². The van der Waals surface area contributed by atoms with Crippen molar-refractivity contribution in [3.8, 4) is 0 Å². The molecule has 0 heterocycles. The van der Waals surface area contributed by atoms with Crippen molar-refractivity contribution < 1.29 is 9.53 Å². The minimum Gasteiger partial charge on any atom is -0.468 e. The molecule has 0 fully saturated rings. The molecule has 0 aliphatic carbocycles. The van der Waals surface area contributed by atoms with Crippen LogP contribution in [0.4, 0.5) is 0 Å². The van der Waals surface area contributed by atoms with Crippen LogP contribution in [-0.4, -0.2) is 13.1 Å². The third kappa shape index (κ3) is 3.07. The number of esters is 1. The highest BCUT2D eigenvalue weighted by Crippen LogP contribution is 2.19. The van der Waals surface area contributed by atoms with Gasteiger partial charge in [0.1, 0.15) is 0 Å². The topological polar surface area (TPSA) is 52.3 Å². The fraction of sp³-hybridized carbons (Fsp3) is 0.625. The van der Waals surface area contributed by atoms with Gasteiger partial charge in [0.15, 0.2) is 0 Å². The predicted octanol–water partition coefficient (Wildman–Crippen LogP) is 1.05. The van der Waals surface area contributed by atoms with Crippen molar-refractivity contribution in [2.24, 2.45) is 11.1 Å². The van der Waals surface area contributed by atoms with Crippen molar-refractivity contribution in [3.05, 3.63) is 11.8 Å². The summed E-state index contributed by atoms with van der Waals surface area (Å²) in [6.07, 6.45) is 1.68. The molecule has 2 N–H and O–H groups in total. The summed E-state index contributed by atoms with van der Waals surface area (Å²) in [7, 11) is 1.36. The molecule has 3 nitrogen and oxygen atoms in total. The van der Waals surface area contributed by atoms with Crippen LogP contribution in [0.2, 0.25) is 0 Å². The Morgan fingerprint density at radius 3 is 2.27 bits per heavy atom. The van der Waals surface area contributed by atoms with Gasteiger partial charge in [-0.25, -0.2) is 0 Å². The van der Waals surface area contributed by atoms with E-state index in [9.17, 15) is 4.79 Å². The summed E-state index contributed by atoms with van der Waals surface area (Å²) in [5.41, 5.74) is 5.43. The second-order valence-electron chi connectivity index (χ2n) is 3.10. The normalized spacial score (nSPS) is 12.9. The lowest BCUT2D eigenvalue weighted by atomic mass is 9.93. The molecule has 0 radical (unpaired) electrons. The van der Waals surface area contributed by atoms with Crippen LogP contribution in [0.15, 0.2) is 11.8 Å². The van der Waals surface area contributed by atoms with Gasteiger partial charge in [-0.05, 0) is 26.8 Å². The van der Waals surface area contributed by atoms with Crippen molar-refractivity contribution in [2.75, 3.05) is 7.11 Å². The maximum Gasteiger partial charge on any atom is 0.315 e. The van der Waals surface area contributed by atoms with Crippen LogP contribution in [0.5, 0.6) is 0 Å². The number of hydrogen-bond donors (Lipinski definition) is 1. The van der Waals surface area contributed by atoms with E-state index >= 15 is 0 Å². The summed E-state index contributed by atoms with van der Waals surface area (Å²) in [4.78, 5) is 11.0. The highest BCUT2D eigenvalue weighted by atomic mass is 16.5. The number of hydrogen-bond acceptors (Lipinski definition) is 3. The molecule has 11 heavy (non-hydrogen) atoms. The Bertz CT molecular complexity index is 179. The third-order valence-corrected chi connectivity index (χ3v) is 1.30. The average molecular weight is 157 g/mol. The lowest BCUT2D eigenvalue weighted by Crippen LogP contribution is -2.24. The SMILES string of the molecule is COC(=O)C(C)(C)/C=C(\C)N. The molecule has 0 saturated heterocycles. The van der Waals surface area contributed by atoms with Crippen molar-refractivity contribution in [1.82, 2.24) is 0 Å². The summed E-state index contributed by atoms with van der Waals surface area (Å²) >= 11 is 0. The highest BCUT2D eigenvalue weighted by molar-refractivity contribution is 5.78. The second kappa shape index (κ2) is 3.42. The summed E-state index contributed by atoms with van der Waals surface area (Å²) in [5.74, 6) is -0.276. The lowest BCUT2D eigenvalue weighted by molar-refractivity contribution is -0.148. The van der Waals surface area contributed by atoms with Crippen molar-refractivity contribution in [1.29, 1.82) is 0 Å². The fourth-order valence-corrected chi connectivity index (χ4v) is 0.891. The van der Waals surface area contributed by atoms with E-state index in [2.05, 4.69) is 4.74 Å². The molecule has 0 aromatic rings. The van der Waals surface area contributed by atoms with Gasteiger partial charge in [-0.15, -0.1) is 0 Å². The van der Waals surface area contributed by atoms with Crippen LogP contribution >= 0.6 is 0 Å². The van der Waals surface area contributed by atoms with Gasteiger partial charge in [0.05, 0.1) is 12.5 Å². The maximum absolute atomic E-state index is 11.0. The molecule has 0 aromatic heterocycles. The van der Waals surface area contributed by atoms with Crippen LogP contribution in [0.1, 0.15) is 20.8 Å². The van der Waals surface area contributed by atoms with Gasteiger partial charge in [0.2, 0.25) is 0 Å². The standard InChI is InChI=1S/C8H15NO2/c1-6(9)5-8(2,3)7(10)11-4/h5H,9H2,1-4H3/b6-5+. The van der Waals surface area contributed by atoms with Crippen molar-refractivity contribution in [2.45, 2.75) is 20.8 Å². The second-order valence-corrected chi connectivity index (χ2v) is 3.10. The molecule has 0 spiro atoms. The molecule has 0 aliphatic heterocycles. The molecule has 0 aliphatic rings. The quantitative estimate of drug-likeness (QED) is 0.609. The van der Waals surface area contributed by atoms with E-state index in [1.165, 1.54) is 7.11 Å². The number of carbonyl (C=O) groups is 1. The van der Waals surface area contributed by atoms with Crippen LogP contribution in [0.25, 0.3) is 0 Å². The van der Waals surface area contributed by atoms with Gasteiger partial charge in [-0.1, -0.05) is 0 Å². The largest absolute Gasteiger partial charge is 0.468 e. The minimum atomic E-state index is -0.617. The Balaban J connectivity index is 4.46. The number of allylic oxidation sites excluding steroid dienone is 1. The van der Waals surface area contributed by atoms with E-state index in [1.54, 1.807) is 26.8 Å². The molecule has 0 rings (SSSR count). The summed E-state index contributed by atoms with van der Waals surface area (Å²) in [5, 5.41) is 0. The van der Waals surface area contributed by atoms with E-state index in [4.69, 9.17) is 5.73 Å². The molecular weight excluding hydrogens is 142 g/mol. The molecule has 0 saturated carbocycles. The van der Waals surface area contributed by atoms with Crippen LogP contribution in [0.3, 0.4) is 0 Å². The molecule has 0 aromatic carbocycles. The summed E-state index contributed by atoms with van der Waals surface area (Å²) in [6.45, 7) is 5.26. The maximum atomic E-state index is 11.0. The molecule has 0 amide bonds. The zero-order valence-electron chi connectivity index (χ0n) is 7.47. The third-order valence-electron chi connectivity index (χ3n) is 1.30.